The van der Waals surface area contributed by atoms with Gasteiger partial charge < -0.3 is 15.1 Å². The van der Waals surface area contributed by atoms with E-state index in [0.717, 1.165) is 11.3 Å². The molecule has 1 aliphatic heterocycles. The molecule has 2 atom stereocenters. The first-order valence-corrected chi connectivity index (χ1v) is 12.0. The van der Waals surface area contributed by atoms with Crippen molar-refractivity contribution in [2.75, 3.05) is 13.1 Å². The Bertz CT molecular complexity index is 1390. The summed E-state index contributed by atoms with van der Waals surface area (Å²) in [7, 11) is 0. The Morgan fingerprint density at radius 1 is 1.11 bits per heavy atom. The fourth-order valence-electron chi connectivity index (χ4n) is 3.69. The number of amides is 2. The number of nitrogens with one attached hydrogen (secondary N) is 2. The number of aromatic amines is 1. The number of thiophene rings is 1. The molecule has 35 heavy (non-hydrogen) atoms. The van der Waals surface area contributed by atoms with Gasteiger partial charge >= 0.3 is 0 Å². The summed E-state index contributed by atoms with van der Waals surface area (Å²) in [6.45, 7) is 3.34. The number of aliphatic hydroxyl groups is 2. The number of aromatic nitrogens is 2. The first-order chi connectivity index (χ1) is 16.6. The topological polar surface area (TPSA) is 140 Å². The molecule has 1 aliphatic rings. The van der Waals surface area contributed by atoms with Gasteiger partial charge in [0.25, 0.3) is 17.4 Å². The second-order valence-corrected chi connectivity index (χ2v) is 9.90. The molecular weight excluding hydrogens is 517 g/mol. The van der Waals surface area contributed by atoms with Gasteiger partial charge in [-0.05, 0) is 44.2 Å². The lowest BCUT2D eigenvalue weighted by Crippen LogP contribution is -2.29. The van der Waals surface area contributed by atoms with E-state index in [1.807, 2.05) is 0 Å². The van der Waals surface area contributed by atoms with Gasteiger partial charge in [-0.25, -0.2) is 10.1 Å². The summed E-state index contributed by atoms with van der Waals surface area (Å²) < 4.78 is 1.30. The molecule has 2 amide bonds. The number of benzene rings is 1. The van der Waals surface area contributed by atoms with E-state index < -0.39 is 18.1 Å². The Kier molecular flexibility index (Phi) is 7.15. The van der Waals surface area contributed by atoms with E-state index in [1.54, 1.807) is 32.0 Å². The standard InChI is InChI=1S/C22H21Cl2N5O5S/c1-10(19-11(2)27-29(22(19)34)12-3-4-13(23)14(24)7-12)25-26-20(32)17-5-6-18(35-17)21(33)28-8-15(30)16(31)9-28/h3-7,15-16,27,30-31H,8-9H2,1-2H3,(H,26,32)/b25-10+. The van der Waals surface area contributed by atoms with Crippen molar-refractivity contribution < 1.29 is 19.8 Å². The summed E-state index contributed by atoms with van der Waals surface area (Å²) in [5, 5.41) is 27.0. The second kappa shape index (κ2) is 9.96. The fourth-order valence-corrected chi connectivity index (χ4v) is 4.85. The van der Waals surface area contributed by atoms with Crippen molar-refractivity contribution >= 4 is 52.1 Å². The highest BCUT2D eigenvalue weighted by molar-refractivity contribution is 7.15. The quantitative estimate of drug-likeness (QED) is 0.291. The Labute approximate surface area is 213 Å². The number of aryl methyl sites for hydroxylation is 1. The second-order valence-electron chi connectivity index (χ2n) is 8.00. The van der Waals surface area contributed by atoms with E-state index in [9.17, 15) is 24.6 Å². The van der Waals surface area contributed by atoms with Gasteiger partial charge in [-0.15, -0.1) is 11.3 Å². The van der Waals surface area contributed by atoms with Crippen LogP contribution in [0, 0.1) is 6.92 Å². The molecule has 0 spiro atoms. The highest BCUT2D eigenvalue weighted by atomic mass is 35.5. The van der Waals surface area contributed by atoms with E-state index in [-0.39, 0.29) is 40.7 Å². The van der Waals surface area contributed by atoms with E-state index >= 15 is 0 Å². The minimum atomic E-state index is -0.989. The number of hydrazone groups is 1. The van der Waals surface area contributed by atoms with Gasteiger partial charge in [0.15, 0.2) is 0 Å². The van der Waals surface area contributed by atoms with Crippen molar-refractivity contribution in [2.45, 2.75) is 26.1 Å². The predicted octanol–water partition coefficient (Wildman–Crippen LogP) is 2.17. The van der Waals surface area contributed by atoms with Crippen LogP contribution < -0.4 is 11.0 Å². The molecule has 0 radical (unpaired) electrons. The van der Waals surface area contributed by atoms with Crippen molar-refractivity contribution in [3.05, 3.63) is 71.7 Å². The lowest BCUT2D eigenvalue weighted by Gasteiger charge is -2.13. The zero-order valence-electron chi connectivity index (χ0n) is 18.6. The molecule has 0 bridgehead atoms. The van der Waals surface area contributed by atoms with Gasteiger partial charge in [-0.3, -0.25) is 19.5 Å². The van der Waals surface area contributed by atoms with Crippen LogP contribution in [0.1, 0.15) is 37.5 Å². The van der Waals surface area contributed by atoms with Crippen LogP contribution in [0.2, 0.25) is 10.0 Å². The normalized spacial score (nSPS) is 18.2. The molecule has 1 aromatic carbocycles. The molecule has 10 nitrogen and oxygen atoms in total. The molecule has 2 unspecified atom stereocenters. The van der Waals surface area contributed by atoms with Gasteiger partial charge in [0.2, 0.25) is 0 Å². The number of aliphatic hydroxyl groups excluding tert-OH is 2. The molecule has 184 valence electrons. The monoisotopic (exact) mass is 537 g/mol. The molecule has 1 saturated heterocycles. The van der Waals surface area contributed by atoms with Crippen LogP contribution in [-0.2, 0) is 0 Å². The van der Waals surface area contributed by atoms with Crippen molar-refractivity contribution in [3.63, 3.8) is 0 Å². The zero-order chi connectivity index (χ0) is 25.4. The number of hydrogen-bond acceptors (Lipinski definition) is 7. The molecule has 4 rings (SSSR count). The predicted molar refractivity (Wildman–Crippen MR) is 133 cm³/mol. The first-order valence-electron chi connectivity index (χ1n) is 10.4. The highest BCUT2D eigenvalue weighted by Crippen LogP contribution is 2.24. The average molecular weight is 538 g/mol. The minimum Gasteiger partial charge on any atom is -0.388 e. The maximum atomic E-state index is 13.0. The van der Waals surface area contributed by atoms with Crippen molar-refractivity contribution in [3.8, 4) is 5.69 Å². The van der Waals surface area contributed by atoms with Crippen LogP contribution in [0.25, 0.3) is 5.69 Å². The summed E-state index contributed by atoms with van der Waals surface area (Å²) in [6.07, 6.45) is -1.98. The molecule has 3 heterocycles. The number of β-amino-alcohol motifs (C(OH)–C–C–N with tert-alkyl or cyclic N) is 2. The molecule has 13 heteroatoms. The maximum absolute atomic E-state index is 13.0. The maximum Gasteiger partial charge on any atom is 0.281 e. The first kappa shape index (κ1) is 25.1. The lowest BCUT2D eigenvalue weighted by atomic mass is 10.2. The van der Waals surface area contributed by atoms with Gasteiger partial charge in [-0.2, -0.15) is 5.10 Å². The van der Waals surface area contributed by atoms with Crippen LogP contribution in [0.4, 0.5) is 0 Å². The number of halogens is 2. The van der Waals surface area contributed by atoms with Crippen LogP contribution in [0.15, 0.2) is 40.2 Å². The lowest BCUT2D eigenvalue weighted by molar-refractivity contribution is 0.0572. The minimum absolute atomic E-state index is 0.0265. The highest BCUT2D eigenvalue weighted by Gasteiger charge is 2.33. The van der Waals surface area contributed by atoms with E-state index in [4.69, 9.17) is 23.2 Å². The molecular formula is C22H21Cl2N5O5S. The van der Waals surface area contributed by atoms with Gasteiger partial charge in [0.1, 0.15) is 0 Å². The number of carbonyl (C=O) groups excluding carboxylic acids is 2. The summed E-state index contributed by atoms with van der Waals surface area (Å²) in [5.41, 5.74) is 3.62. The van der Waals surface area contributed by atoms with Crippen LogP contribution in [-0.4, -0.2) is 67.7 Å². The Hall–Kier alpha value is -2.96. The molecule has 0 saturated carbocycles. The number of H-pyrrole nitrogens is 1. The number of hydrogen-bond donors (Lipinski definition) is 4. The molecule has 3 aromatic rings. The van der Waals surface area contributed by atoms with Gasteiger partial charge in [0, 0.05) is 18.8 Å². The third-order valence-electron chi connectivity index (χ3n) is 5.51. The molecule has 1 fully saturated rings. The fraction of sp³-hybridized carbons (Fsp3) is 0.273. The summed E-state index contributed by atoms with van der Waals surface area (Å²) >= 11 is 13.0. The third kappa shape index (κ3) is 5.04. The van der Waals surface area contributed by atoms with E-state index in [1.165, 1.54) is 21.7 Å². The third-order valence-corrected chi connectivity index (χ3v) is 7.32. The Morgan fingerprint density at radius 3 is 2.43 bits per heavy atom. The Balaban J connectivity index is 1.49. The number of nitrogens with zero attached hydrogens (tertiary/aromatic N) is 3. The van der Waals surface area contributed by atoms with Crippen LogP contribution in [0.5, 0.6) is 0 Å². The van der Waals surface area contributed by atoms with Crippen molar-refractivity contribution in [2.24, 2.45) is 5.10 Å². The van der Waals surface area contributed by atoms with Crippen LogP contribution in [0.3, 0.4) is 0 Å². The van der Waals surface area contributed by atoms with Crippen LogP contribution >= 0.6 is 34.5 Å². The SMILES string of the molecule is C/C(=N\NC(=O)c1ccc(C(=O)N2CC(O)C(O)C2)s1)c1c(C)[nH]n(-c2ccc(Cl)c(Cl)c2)c1=O. The van der Waals surface area contributed by atoms with Gasteiger partial charge in [-0.1, -0.05) is 23.2 Å². The zero-order valence-corrected chi connectivity index (χ0v) is 20.9. The smallest absolute Gasteiger partial charge is 0.281 e. The molecule has 0 aliphatic carbocycles. The summed E-state index contributed by atoms with van der Waals surface area (Å²) in [5.74, 6) is -0.928. The largest absolute Gasteiger partial charge is 0.388 e. The van der Waals surface area contributed by atoms with Crippen molar-refractivity contribution in [1.82, 2.24) is 20.1 Å². The molecule has 2 aromatic heterocycles. The van der Waals surface area contributed by atoms with Gasteiger partial charge in [0.05, 0.1) is 49.0 Å². The molecule has 4 N–H and O–H groups in total. The number of likely N-dealkylation sites (tertiary alicyclic amines) is 1. The van der Waals surface area contributed by atoms with Crippen molar-refractivity contribution in [1.29, 1.82) is 0 Å². The van der Waals surface area contributed by atoms with E-state index in [0.29, 0.717) is 26.3 Å². The number of carbonyl (C=O) groups is 2. The summed E-state index contributed by atoms with van der Waals surface area (Å²) in [6, 6.07) is 7.76. The van der Waals surface area contributed by atoms with E-state index in [2.05, 4.69) is 15.6 Å². The summed E-state index contributed by atoms with van der Waals surface area (Å²) in [4.78, 5) is 40.0. The number of rotatable bonds is 5. The Morgan fingerprint density at radius 2 is 1.77 bits per heavy atom. The average Bonchev–Trinajstić information content (AvgIpc) is 3.51.